The second-order valence-corrected chi connectivity index (χ2v) is 6.20. The lowest BCUT2D eigenvalue weighted by Crippen LogP contribution is -2.02. The highest BCUT2D eigenvalue weighted by Gasteiger charge is 2.08. The number of rotatable bonds is 6. The molecule has 0 atom stereocenters. The molecule has 0 aliphatic rings. The Labute approximate surface area is 153 Å². The van der Waals surface area contributed by atoms with Crippen LogP contribution in [0.5, 0.6) is 0 Å². The largest absolute Gasteiger partial charge is 0.340 e. The molecular formula is C19H15BrN4O. The summed E-state index contributed by atoms with van der Waals surface area (Å²) in [4.78, 5) is 24.8. The van der Waals surface area contributed by atoms with E-state index in [9.17, 15) is 4.79 Å². The third kappa shape index (κ3) is 4.36. The Morgan fingerprint density at radius 1 is 1.24 bits per heavy atom. The molecule has 25 heavy (non-hydrogen) atoms. The van der Waals surface area contributed by atoms with Crippen molar-refractivity contribution in [2.24, 2.45) is 0 Å². The first-order chi connectivity index (χ1) is 12.2. The van der Waals surface area contributed by atoms with E-state index < -0.39 is 0 Å². The molecule has 0 fully saturated rings. The maximum absolute atomic E-state index is 11.9. The van der Waals surface area contributed by atoms with Gasteiger partial charge in [-0.25, -0.2) is 9.97 Å². The van der Waals surface area contributed by atoms with Gasteiger partial charge in [0.2, 0.25) is 0 Å². The summed E-state index contributed by atoms with van der Waals surface area (Å²) >= 11 is 3.45. The highest BCUT2D eigenvalue weighted by Crippen LogP contribution is 2.24. The number of pyridine rings is 1. The first kappa shape index (κ1) is 17.0. The fraction of sp³-hybridized carbons (Fsp3) is 0.0526. The topological polar surface area (TPSA) is 67.8 Å². The van der Waals surface area contributed by atoms with Crippen LogP contribution in [0.4, 0.5) is 11.5 Å². The number of ketones is 1. The van der Waals surface area contributed by atoms with Crippen molar-refractivity contribution >= 4 is 44.1 Å². The first-order valence-corrected chi connectivity index (χ1v) is 8.39. The number of benzene rings is 1. The second-order valence-electron chi connectivity index (χ2n) is 5.29. The van der Waals surface area contributed by atoms with E-state index in [1.807, 2.05) is 30.3 Å². The van der Waals surface area contributed by atoms with E-state index in [1.165, 1.54) is 12.4 Å². The third-order valence-corrected chi connectivity index (χ3v) is 3.93. The van der Waals surface area contributed by atoms with Gasteiger partial charge in [-0.15, -0.1) is 0 Å². The van der Waals surface area contributed by atoms with Crippen LogP contribution in [0, 0.1) is 0 Å². The third-order valence-electron chi connectivity index (χ3n) is 3.44. The maximum Gasteiger partial charge on any atom is 0.161 e. The molecule has 0 amide bonds. The van der Waals surface area contributed by atoms with Crippen LogP contribution in [-0.2, 0) is 11.2 Å². The molecule has 124 valence electrons. The normalized spacial score (nSPS) is 10.9. The molecule has 0 aliphatic heterocycles. The summed E-state index contributed by atoms with van der Waals surface area (Å²) in [6.45, 7) is 3.56. The Morgan fingerprint density at radius 2 is 2.12 bits per heavy atom. The summed E-state index contributed by atoms with van der Waals surface area (Å²) in [7, 11) is 0. The number of carbonyl (C=O) groups excluding carboxylic acids is 1. The molecule has 0 saturated carbocycles. The Balaban J connectivity index is 1.93. The van der Waals surface area contributed by atoms with Crippen molar-refractivity contribution in [1.82, 2.24) is 15.0 Å². The fourth-order valence-electron chi connectivity index (χ4n) is 2.31. The van der Waals surface area contributed by atoms with Crippen molar-refractivity contribution in [2.45, 2.75) is 6.42 Å². The molecule has 3 rings (SSSR count). The minimum Gasteiger partial charge on any atom is -0.340 e. The molecule has 0 aliphatic carbocycles. The monoisotopic (exact) mass is 394 g/mol. The van der Waals surface area contributed by atoms with Gasteiger partial charge < -0.3 is 5.32 Å². The minimum absolute atomic E-state index is 0.0369. The molecule has 0 bridgehead atoms. The summed E-state index contributed by atoms with van der Waals surface area (Å²) in [5, 5.41) is 4.09. The number of hydrogen-bond donors (Lipinski definition) is 1. The zero-order chi connectivity index (χ0) is 17.6. The lowest BCUT2D eigenvalue weighted by Gasteiger charge is -2.09. The van der Waals surface area contributed by atoms with E-state index >= 15 is 0 Å². The van der Waals surface area contributed by atoms with E-state index in [1.54, 1.807) is 18.3 Å². The molecule has 0 spiro atoms. The van der Waals surface area contributed by atoms with E-state index in [0.717, 1.165) is 15.5 Å². The Kier molecular flexibility index (Phi) is 5.30. The number of nitrogens with one attached hydrogen (secondary N) is 1. The van der Waals surface area contributed by atoms with Gasteiger partial charge in [0, 0.05) is 21.2 Å². The van der Waals surface area contributed by atoms with Crippen LogP contribution >= 0.6 is 15.9 Å². The van der Waals surface area contributed by atoms with Crippen LogP contribution in [0.2, 0.25) is 0 Å². The van der Waals surface area contributed by atoms with Gasteiger partial charge in [-0.2, -0.15) is 0 Å². The summed E-state index contributed by atoms with van der Waals surface area (Å²) in [6.07, 6.45) is 8.03. The Bertz CT molecular complexity index is 969. The van der Waals surface area contributed by atoms with Crippen LogP contribution < -0.4 is 5.32 Å². The molecular weight excluding hydrogens is 380 g/mol. The van der Waals surface area contributed by atoms with Gasteiger partial charge in [-0.05, 0) is 30.3 Å². The molecule has 0 unspecified atom stereocenters. The molecule has 0 radical (unpaired) electrons. The molecule has 5 nitrogen and oxygen atoms in total. The van der Waals surface area contributed by atoms with Crippen LogP contribution in [0.25, 0.3) is 10.9 Å². The highest BCUT2D eigenvalue weighted by atomic mass is 79.9. The molecule has 0 saturated heterocycles. The fourth-order valence-corrected chi connectivity index (χ4v) is 2.71. The molecule has 2 heterocycles. The second kappa shape index (κ2) is 7.81. The van der Waals surface area contributed by atoms with Gasteiger partial charge in [0.05, 0.1) is 18.1 Å². The van der Waals surface area contributed by atoms with Gasteiger partial charge in [-0.3, -0.25) is 9.78 Å². The smallest absolute Gasteiger partial charge is 0.161 e. The van der Waals surface area contributed by atoms with Crippen molar-refractivity contribution in [3.8, 4) is 0 Å². The zero-order valence-corrected chi connectivity index (χ0v) is 14.9. The van der Waals surface area contributed by atoms with Crippen molar-refractivity contribution in [3.05, 3.63) is 77.8 Å². The van der Waals surface area contributed by atoms with Crippen molar-refractivity contribution in [1.29, 1.82) is 0 Å². The lowest BCUT2D eigenvalue weighted by molar-refractivity contribution is -0.114. The average Bonchev–Trinajstić information content (AvgIpc) is 2.60. The summed E-state index contributed by atoms with van der Waals surface area (Å²) < 4.78 is 0.970. The van der Waals surface area contributed by atoms with E-state index in [4.69, 9.17) is 0 Å². The van der Waals surface area contributed by atoms with E-state index in [0.29, 0.717) is 17.0 Å². The van der Waals surface area contributed by atoms with Gasteiger partial charge in [0.15, 0.2) is 5.78 Å². The number of hydrogen-bond acceptors (Lipinski definition) is 5. The number of nitrogens with zero attached hydrogens (tertiary/aromatic N) is 3. The van der Waals surface area contributed by atoms with Gasteiger partial charge in [0.1, 0.15) is 12.1 Å². The van der Waals surface area contributed by atoms with E-state index in [2.05, 4.69) is 42.8 Å². The van der Waals surface area contributed by atoms with Crippen molar-refractivity contribution in [2.75, 3.05) is 5.32 Å². The zero-order valence-electron chi connectivity index (χ0n) is 13.3. The number of halogens is 1. The van der Waals surface area contributed by atoms with Gasteiger partial charge >= 0.3 is 0 Å². The van der Waals surface area contributed by atoms with Crippen molar-refractivity contribution in [3.63, 3.8) is 0 Å². The predicted molar refractivity (Wildman–Crippen MR) is 103 cm³/mol. The molecule has 6 heteroatoms. The average molecular weight is 395 g/mol. The first-order valence-electron chi connectivity index (χ1n) is 7.60. The maximum atomic E-state index is 11.9. The summed E-state index contributed by atoms with van der Waals surface area (Å²) in [5.41, 5.74) is 2.28. The van der Waals surface area contributed by atoms with Crippen LogP contribution in [0.1, 0.15) is 5.69 Å². The molecule has 1 aromatic carbocycles. The quantitative estimate of drug-likeness (QED) is 0.496. The number of allylic oxidation sites excluding steroid dienone is 3. The number of aromatic nitrogens is 3. The standard InChI is InChI=1S/C19H15BrN4O/c1-2-3-7-16(25)9-15-10-17-18(11-21-15)22-12-23-19(17)24-14-6-4-5-13(20)8-14/h2-8,10-12H,1,9H2,(H,22,23,24)/b7-3+. The van der Waals surface area contributed by atoms with Crippen LogP contribution in [0.15, 0.2) is 72.1 Å². The Hall–Kier alpha value is -2.86. The van der Waals surface area contributed by atoms with Gasteiger partial charge in [0.25, 0.3) is 0 Å². The molecule has 2 aromatic heterocycles. The highest BCUT2D eigenvalue weighted by molar-refractivity contribution is 9.10. The summed E-state index contributed by atoms with van der Waals surface area (Å²) in [5.74, 6) is 0.630. The number of carbonyl (C=O) groups is 1. The van der Waals surface area contributed by atoms with Crippen LogP contribution in [0.3, 0.4) is 0 Å². The predicted octanol–water partition coefficient (Wildman–Crippen LogP) is 4.38. The van der Waals surface area contributed by atoms with Crippen LogP contribution in [-0.4, -0.2) is 20.7 Å². The SMILES string of the molecule is C=C/C=C/C(=O)Cc1cc2c(Nc3cccc(Br)c3)ncnc2cn1. The Morgan fingerprint density at radius 3 is 2.92 bits per heavy atom. The molecule has 3 aromatic rings. The number of fused-ring (bicyclic) bond motifs is 1. The van der Waals surface area contributed by atoms with Crippen molar-refractivity contribution < 1.29 is 4.79 Å². The lowest BCUT2D eigenvalue weighted by atomic mass is 10.1. The minimum atomic E-state index is -0.0369. The van der Waals surface area contributed by atoms with Gasteiger partial charge in [-0.1, -0.05) is 40.7 Å². The summed E-state index contributed by atoms with van der Waals surface area (Å²) in [6, 6.07) is 9.64. The number of anilines is 2. The van der Waals surface area contributed by atoms with E-state index in [-0.39, 0.29) is 12.2 Å². The molecule has 1 N–H and O–H groups in total.